The summed E-state index contributed by atoms with van der Waals surface area (Å²) >= 11 is 0. The molecule has 2 aromatic carbocycles. The van der Waals surface area contributed by atoms with Crippen molar-refractivity contribution >= 4 is 5.91 Å². The summed E-state index contributed by atoms with van der Waals surface area (Å²) in [5.74, 6) is -0.434. The van der Waals surface area contributed by atoms with Crippen molar-refractivity contribution in [2.45, 2.75) is 0 Å². The van der Waals surface area contributed by atoms with E-state index in [0.29, 0.717) is 5.69 Å². The maximum atomic E-state index is 11.6. The number of rotatable bonds is 3. The minimum atomic E-state index is -0.434. The van der Waals surface area contributed by atoms with Crippen LogP contribution in [0.2, 0.25) is 0 Å². The molecule has 3 nitrogen and oxygen atoms in total. The molecule has 1 amide bonds. The lowest BCUT2D eigenvalue weighted by Gasteiger charge is -2.12. The quantitative estimate of drug-likeness (QED) is 0.774. The lowest BCUT2D eigenvalue weighted by Crippen LogP contribution is -2.16. The average molecular weight is 262 g/mol. The number of hydrogen-bond acceptors (Lipinski definition) is 1. The molecular formula is C17H14N2O. The van der Waals surface area contributed by atoms with Crippen LogP contribution in [0.5, 0.6) is 0 Å². The van der Waals surface area contributed by atoms with Gasteiger partial charge in [0.1, 0.15) is 5.69 Å². The van der Waals surface area contributed by atoms with Crippen molar-refractivity contribution in [1.82, 2.24) is 4.57 Å². The first-order chi connectivity index (χ1) is 9.77. The van der Waals surface area contributed by atoms with E-state index < -0.39 is 5.91 Å². The number of primary amides is 1. The van der Waals surface area contributed by atoms with Gasteiger partial charge in [0.15, 0.2) is 0 Å². The van der Waals surface area contributed by atoms with E-state index >= 15 is 0 Å². The molecule has 0 aliphatic heterocycles. The molecule has 0 aliphatic carbocycles. The number of benzene rings is 2. The van der Waals surface area contributed by atoms with Gasteiger partial charge in [0.05, 0.1) is 5.69 Å². The zero-order chi connectivity index (χ0) is 13.9. The molecule has 0 saturated carbocycles. The van der Waals surface area contributed by atoms with Gasteiger partial charge in [0.25, 0.3) is 5.91 Å². The molecule has 1 heterocycles. The van der Waals surface area contributed by atoms with Crippen LogP contribution in [0.1, 0.15) is 10.5 Å². The fourth-order valence-electron chi connectivity index (χ4n) is 2.32. The monoisotopic (exact) mass is 262 g/mol. The van der Waals surface area contributed by atoms with Gasteiger partial charge in [-0.05, 0) is 29.8 Å². The van der Waals surface area contributed by atoms with Crippen LogP contribution in [-0.4, -0.2) is 10.5 Å². The van der Waals surface area contributed by atoms with Crippen LogP contribution in [0.15, 0.2) is 72.8 Å². The lowest BCUT2D eigenvalue weighted by molar-refractivity contribution is 0.0994. The topological polar surface area (TPSA) is 48.0 Å². The number of carbonyl (C=O) groups is 1. The Hall–Kier alpha value is -2.81. The van der Waals surface area contributed by atoms with Gasteiger partial charge < -0.3 is 10.3 Å². The van der Waals surface area contributed by atoms with E-state index in [0.717, 1.165) is 16.9 Å². The van der Waals surface area contributed by atoms with Crippen LogP contribution in [0, 0.1) is 0 Å². The number of amides is 1. The fraction of sp³-hybridized carbons (Fsp3) is 0. The molecule has 0 fully saturated rings. The molecule has 0 saturated heterocycles. The molecule has 0 spiro atoms. The van der Waals surface area contributed by atoms with E-state index in [1.807, 2.05) is 71.3 Å². The van der Waals surface area contributed by atoms with Crippen molar-refractivity contribution in [3.63, 3.8) is 0 Å². The predicted molar refractivity (Wildman–Crippen MR) is 79.7 cm³/mol. The first kappa shape index (κ1) is 12.2. The normalized spacial score (nSPS) is 10.4. The Morgan fingerprint density at radius 3 is 2.00 bits per heavy atom. The second-order valence-electron chi connectivity index (χ2n) is 4.51. The summed E-state index contributed by atoms with van der Waals surface area (Å²) in [6.07, 6.45) is 0. The summed E-state index contributed by atoms with van der Waals surface area (Å²) in [7, 11) is 0. The molecule has 3 rings (SSSR count). The Morgan fingerprint density at radius 2 is 1.40 bits per heavy atom. The lowest BCUT2D eigenvalue weighted by atomic mass is 10.1. The number of aromatic nitrogens is 1. The molecule has 0 atom stereocenters. The van der Waals surface area contributed by atoms with Crippen LogP contribution in [0.4, 0.5) is 0 Å². The maximum absolute atomic E-state index is 11.6. The zero-order valence-electron chi connectivity index (χ0n) is 10.9. The van der Waals surface area contributed by atoms with Gasteiger partial charge in [-0.25, -0.2) is 0 Å². The first-order valence-electron chi connectivity index (χ1n) is 6.40. The van der Waals surface area contributed by atoms with E-state index in [2.05, 4.69) is 0 Å². The average Bonchev–Trinajstić information content (AvgIpc) is 2.94. The number of para-hydroxylation sites is 1. The standard InChI is InChI=1S/C17H14N2O/c18-17(20)16-12-11-15(13-7-3-1-4-8-13)19(16)14-9-5-2-6-10-14/h1-12H,(H2,18,20). The first-order valence-corrected chi connectivity index (χ1v) is 6.40. The second-order valence-corrected chi connectivity index (χ2v) is 4.51. The van der Waals surface area contributed by atoms with Gasteiger partial charge in [-0.2, -0.15) is 0 Å². The van der Waals surface area contributed by atoms with Crippen molar-refractivity contribution in [2.75, 3.05) is 0 Å². The third-order valence-electron chi connectivity index (χ3n) is 3.22. The second kappa shape index (κ2) is 5.05. The predicted octanol–water partition coefficient (Wildman–Crippen LogP) is 3.24. The molecule has 0 unspecified atom stereocenters. The minimum Gasteiger partial charge on any atom is -0.364 e. The number of hydrogen-bond donors (Lipinski definition) is 1. The highest BCUT2D eigenvalue weighted by molar-refractivity contribution is 5.93. The van der Waals surface area contributed by atoms with Gasteiger partial charge in [-0.15, -0.1) is 0 Å². The summed E-state index contributed by atoms with van der Waals surface area (Å²) in [5.41, 5.74) is 8.88. The van der Waals surface area contributed by atoms with Crippen LogP contribution in [0.3, 0.4) is 0 Å². The largest absolute Gasteiger partial charge is 0.364 e. The van der Waals surface area contributed by atoms with E-state index in [4.69, 9.17) is 5.73 Å². The minimum absolute atomic E-state index is 0.434. The Morgan fingerprint density at radius 1 is 0.800 bits per heavy atom. The number of carbonyl (C=O) groups excluding carboxylic acids is 1. The van der Waals surface area contributed by atoms with E-state index in [9.17, 15) is 4.79 Å². The summed E-state index contributed by atoms with van der Waals surface area (Å²) in [6, 6.07) is 23.4. The van der Waals surface area contributed by atoms with Gasteiger partial charge in [0.2, 0.25) is 0 Å². The van der Waals surface area contributed by atoms with Crippen molar-refractivity contribution in [1.29, 1.82) is 0 Å². The molecule has 2 N–H and O–H groups in total. The Labute approximate surface area is 117 Å². The summed E-state index contributed by atoms with van der Waals surface area (Å²) in [5, 5.41) is 0. The smallest absolute Gasteiger partial charge is 0.265 e. The van der Waals surface area contributed by atoms with Crippen molar-refractivity contribution in [3.8, 4) is 16.9 Å². The molecule has 0 radical (unpaired) electrons. The molecule has 20 heavy (non-hydrogen) atoms. The van der Waals surface area contributed by atoms with Crippen LogP contribution >= 0.6 is 0 Å². The Balaban J connectivity index is 2.25. The van der Waals surface area contributed by atoms with Gasteiger partial charge >= 0.3 is 0 Å². The zero-order valence-corrected chi connectivity index (χ0v) is 10.9. The Bertz CT molecular complexity index is 730. The summed E-state index contributed by atoms with van der Waals surface area (Å²) in [4.78, 5) is 11.6. The van der Waals surface area contributed by atoms with Gasteiger partial charge in [-0.1, -0.05) is 48.5 Å². The highest BCUT2D eigenvalue weighted by Crippen LogP contribution is 2.26. The number of nitrogens with two attached hydrogens (primary N) is 1. The van der Waals surface area contributed by atoms with Crippen LogP contribution < -0.4 is 5.73 Å². The van der Waals surface area contributed by atoms with Crippen molar-refractivity contribution < 1.29 is 4.79 Å². The molecular weight excluding hydrogens is 248 g/mol. The van der Waals surface area contributed by atoms with Gasteiger partial charge in [0, 0.05) is 5.69 Å². The van der Waals surface area contributed by atoms with E-state index in [-0.39, 0.29) is 0 Å². The van der Waals surface area contributed by atoms with Crippen LogP contribution in [0.25, 0.3) is 16.9 Å². The van der Waals surface area contributed by atoms with E-state index in [1.165, 1.54) is 0 Å². The summed E-state index contributed by atoms with van der Waals surface area (Å²) < 4.78 is 1.89. The molecule has 0 aliphatic rings. The maximum Gasteiger partial charge on any atom is 0.265 e. The molecule has 98 valence electrons. The summed E-state index contributed by atoms with van der Waals surface area (Å²) in [6.45, 7) is 0. The number of nitrogens with zero attached hydrogens (tertiary/aromatic N) is 1. The highest BCUT2D eigenvalue weighted by Gasteiger charge is 2.14. The fourth-order valence-corrected chi connectivity index (χ4v) is 2.32. The van der Waals surface area contributed by atoms with E-state index in [1.54, 1.807) is 6.07 Å². The van der Waals surface area contributed by atoms with Gasteiger partial charge in [-0.3, -0.25) is 4.79 Å². The van der Waals surface area contributed by atoms with Crippen LogP contribution in [-0.2, 0) is 0 Å². The third-order valence-corrected chi connectivity index (χ3v) is 3.22. The van der Waals surface area contributed by atoms with Crippen molar-refractivity contribution in [3.05, 3.63) is 78.5 Å². The molecule has 0 bridgehead atoms. The van der Waals surface area contributed by atoms with Crippen molar-refractivity contribution in [2.24, 2.45) is 5.73 Å². The molecule has 3 aromatic rings. The molecule has 3 heteroatoms. The Kier molecular flexibility index (Phi) is 3.09. The third kappa shape index (κ3) is 2.10. The molecule has 1 aromatic heterocycles. The SMILES string of the molecule is NC(=O)c1ccc(-c2ccccc2)n1-c1ccccc1. The highest BCUT2D eigenvalue weighted by atomic mass is 16.1.